The van der Waals surface area contributed by atoms with Gasteiger partial charge in [0.05, 0.1) is 13.2 Å². The molecule has 1 fully saturated rings. The highest BCUT2D eigenvalue weighted by Gasteiger charge is 2.30. The number of methoxy groups -OCH3 is 1. The van der Waals surface area contributed by atoms with Gasteiger partial charge in [-0.05, 0) is 25.3 Å². The van der Waals surface area contributed by atoms with Gasteiger partial charge in [-0.15, -0.1) is 0 Å². The number of hydrogen-bond donors (Lipinski definition) is 1. The normalized spacial score (nSPS) is 24.9. The van der Waals surface area contributed by atoms with Crippen LogP contribution < -0.4 is 5.32 Å². The standard InChI is InChI=1S/C11H20N2O3/c1-8-5-4-6-12-10(8)11(15)13(2)7-9(14)16-3/h8,10,12H,4-7H2,1-3H3. The number of carbonyl (C=O) groups is 2. The van der Waals surface area contributed by atoms with Crippen molar-refractivity contribution in [2.24, 2.45) is 5.92 Å². The van der Waals surface area contributed by atoms with E-state index >= 15 is 0 Å². The van der Waals surface area contributed by atoms with Crippen molar-refractivity contribution in [3.05, 3.63) is 0 Å². The minimum Gasteiger partial charge on any atom is -0.468 e. The summed E-state index contributed by atoms with van der Waals surface area (Å²) in [6.45, 7) is 2.94. The molecule has 1 saturated heterocycles. The second kappa shape index (κ2) is 5.84. The maximum atomic E-state index is 12.0. The molecule has 1 rings (SSSR count). The fourth-order valence-electron chi connectivity index (χ4n) is 1.95. The fourth-order valence-corrected chi connectivity index (χ4v) is 1.95. The summed E-state index contributed by atoms with van der Waals surface area (Å²) in [5, 5.41) is 3.20. The molecule has 0 saturated carbocycles. The minimum absolute atomic E-state index is 0.0141. The van der Waals surface area contributed by atoms with Crippen molar-refractivity contribution < 1.29 is 14.3 Å². The molecular formula is C11H20N2O3. The molecule has 0 aromatic heterocycles. The third kappa shape index (κ3) is 3.20. The van der Waals surface area contributed by atoms with Crippen LogP contribution in [0.15, 0.2) is 0 Å². The lowest BCUT2D eigenvalue weighted by Gasteiger charge is -2.31. The third-order valence-electron chi connectivity index (χ3n) is 3.01. The Labute approximate surface area is 96.1 Å². The van der Waals surface area contributed by atoms with Gasteiger partial charge in [-0.2, -0.15) is 0 Å². The fraction of sp³-hybridized carbons (Fsp3) is 0.818. The van der Waals surface area contributed by atoms with E-state index in [4.69, 9.17) is 0 Å². The Morgan fingerprint density at radius 1 is 1.50 bits per heavy atom. The highest BCUT2D eigenvalue weighted by atomic mass is 16.5. The molecule has 1 N–H and O–H groups in total. The zero-order chi connectivity index (χ0) is 12.1. The van der Waals surface area contributed by atoms with Gasteiger partial charge >= 0.3 is 5.97 Å². The summed E-state index contributed by atoms with van der Waals surface area (Å²) in [5.74, 6) is -0.0988. The van der Waals surface area contributed by atoms with Crippen LogP contribution >= 0.6 is 0 Å². The monoisotopic (exact) mass is 228 g/mol. The Kier molecular flexibility index (Phi) is 4.73. The van der Waals surface area contributed by atoms with Gasteiger partial charge in [-0.3, -0.25) is 9.59 Å². The highest BCUT2D eigenvalue weighted by Crippen LogP contribution is 2.16. The number of piperidine rings is 1. The molecular weight excluding hydrogens is 208 g/mol. The van der Waals surface area contributed by atoms with Crippen molar-refractivity contribution in [3.8, 4) is 0 Å². The van der Waals surface area contributed by atoms with Gasteiger partial charge in [-0.25, -0.2) is 0 Å². The van der Waals surface area contributed by atoms with Crippen molar-refractivity contribution in [3.63, 3.8) is 0 Å². The molecule has 0 aromatic carbocycles. The van der Waals surface area contributed by atoms with E-state index in [9.17, 15) is 9.59 Å². The first-order valence-corrected chi connectivity index (χ1v) is 5.61. The van der Waals surface area contributed by atoms with Gasteiger partial charge in [0, 0.05) is 7.05 Å². The van der Waals surface area contributed by atoms with Gasteiger partial charge in [0.15, 0.2) is 0 Å². The van der Waals surface area contributed by atoms with Crippen molar-refractivity contribution in [2.45, 2.75) is 25.8 Å². The van der Waals surface area contributed by atoms with E-state index in [2.05, 4.69) is 17.0 Å². The minimum atomic E-state index is -0.390. The van der Waals surface area contributed by atoms with Gasteiger partial charge in [0.2, 0.25) is 5.91 Å². The Morgan fingerprint density at radius 3 is 2.75 bits per heavy atom. The molecule has 2 unspecified atom stereocenters. The Bertz CT molecular complexity index is 268. The number of carbonyl (C=O) groups excluding carboxylic acids is 2. The molecule has 1 aliphatic rings. The Morgan fingerprint density at radius 2 is 2.19 bits per heavy atom. The first-order chi connectivity index (χ1) is 7.56. The van der Waals surface area contributed by atoms with E-state index in [0.717, 1.165) is 19.4 Å². The lowest BCUT2D eigenvalue weighted by Crippen LogP contribution is -2.52. The number of nitrogens with zero attached hydrogens (tertiary/aromatic N) is 1. The third-order valence-corrected chi connectivity index (χ3v) is 3.01. The molecule has 5 heteroatoms. The summed E-state index contributed by atoms with van der Waals surface area (Å²) in [7, 11) is 2.95. The number of likely N-dealkylation sites (N-methyl/N-ethyl adjacent to an activating group) is 1. The van der Waals surface area contributed by atoms with E-state index in [1.54, 1.807) is 7.05 Å². The molecule has 0 aliphatic carbocycles. The van der Waals surface area contributed by atoms with Crippen LogP contribution in [0.1, 0.15) is 19.8 Å². The summed E-state index contributed by atoms with van der Waals surface area (Å²) in [6, 6.07) is -0.164. The zero-order valence-electron chi connectivity index (χ0n) is 10.2. The number of esters is 1. The second-order valence-corrected chi connectivity index (χ2v) is 4.32. The molecule has 16 heavy (non-hydrogen) atoms. The van der Waals surface area contributed by atoms with Crippen LogP contribution in [0.3, 0.4) is 0 Å². The van der Waals surface area contributed by atoms with Gasteiger partial charge in [-0.1, -0.05) is 6.92 Å². The van der Waals surface area contributed by atoms with Crippen LogP contribution in [0.5, 0.6) is 0 Å². The van der Waals surface area contributed by atoms with Crippen LogP contribution in [-0.2, 0) is 14.3 Å². The van der Waals surface area contributed by atoms with Crippen molar-refractivity contribution in [2.75, 3.05) is 27.2 Å². The molecule has 92 valence electrons. The lowest BCUT2D eigenvalue weighted by molar-refractivity contribution is -0.147. The van der Waals surface area contributed by atoms with Crippen molar-refractivity contribution in [1.82, 2.24) is 10.2 Å². The molecule has 0 spiro atoms. The number of rotatable bonds is 3. The van der Waals surface area contributed by atoms with Crippen LogP contribution in [0.2, 0.25) is 0 Å². The van der Waals surface area contributed by atoms with Gasteiger partial charge < -0.3 is 15.0 Å². The molecule has 0 bridgehead atoms. The smallest absolute Gasteiger partial charge is 0.325 e. The molecule has 1 aliphatic heterocycles. The predicted octanol–water partition coefficient (Wildman–Crippen LogP) is 0.00590. The first kappa shape index (κ1) is 13.0. The van der Waals surface area contributed by atoms with Crippen LogP contribution in [-0.4, -0.2) is 50.1 Å². The Hall–Kier alpha value is -1.10. The molecule has 2 atom stereocenters. The van der Waals surface area contributed by atoms with E-state index in [1.807, 2.05) is 0 Å². The van der Waals surface area contributed by atoms with Crippen LogP contribution in [0, 0.1) is 5.92 Å². The Balaban J connectivity index is 2.51. The maximum absolute atomic E-state index is 12.0. The average molecular weight is 228 g/mol. The van der Waals surface area contributed by atoms with Crippen LogP contribution in [0.25, 0.3) is 0 Å². The molecule has 1 heterocycles. The van der Waals surface area contributed by atoms with Gasteiger partial charge in [0.1, 0.15) is 6.54 Å². The summed E-state index contributed by atoms with van der Waals surface area (Å²) < 4.78 is 4.53. The summed E-state index contributed by atoms with van der Waals surface area (Å²) in [5.41, 5.74) is 0. The van der Waals surface area contributed by atoms with Gasteiger partial charge in [0.25, 0.3) is 0 Å². The maximum Gasteiger partial charge on any atom is 0.325 e. The van der Waals surface area contributed by atoms with Crippen molar-refractivity contribution in [1.29, 1.82) is 0 Å². The summed E-state index contributed by atoms with van der Waals surface area (Å²) in [4.78, 5) is 24.5. The first-order valence-electron chi connectivity index (χ1n) is 5.61. The van der Waals surface area contributed by atoms with Crippen LogP contribution in [0.4, 0.5) is 0 Å². The summed E-state index contributed by atoms with van der Waals surface area (Å²) >= 11 is 0. The number of hydrogen-bond acceptors (Lipinski definition) is 4. The van der Waals surface area contributed by atoms with Crippen molar-refractivity contribution >= 4 is 11.9 Å². The number of ether oxygens (including phenoxy) is 1. The number of amides is 1. The molecule has 1 amide bonds. The second-order valence-electron chi connectivity index (χ2n) is 4.32. The zero-order valence-corrected chi connectivity index (χ0v) is 10.2. The van der Waals surface area contributed by atoms with E-state index in [0.29, 0.717) is 5.92 Å². The molecule has 5 nitrogen and oxygen atoms in total. The predicted molar refractivity (Wildman–Crippen MR) is 59.8 cm³/mol. The van der Waals surface area contributed by atoms with E-state index in [-0.39, 0.29) is 24.5 Å². The SMILES string of the molecule is COC(=O)CN(C)C(=O)C1NCCCC1C. The highest BCUT2D eigenvalue weighted by molar-refractivity contribution is 5.85. The average Bonchev–Trinajstić information content (AvgIpc) is 2.28. The summed E-state index contributed by atoms with van der Waals surface area (Å²) in [6.07, 6.45) is 2.15. The van der Waals surface area contributed by atoms with E-state index in [1.165, 1.54) is 12.0 Å². The molecule has 0 radical (unpaired) electrons. The largest absolute Gasteiger partial charge is 0.468 e. The number of nitrogens with one attached hydrogen (secondary N) is 1. The lowest BCUT2D eigenvalue weighted by atomic mass is 9.92. The van der Waals surface area contributed by atoms with E-state index < -0.39 is 0 Å². The topological polar surface area (TPSA) is 58.6 Å². The molecule has 0 aromatic rings. The quantitative estimate of drug-likeness (QED) is 0.691.